The molecule has 4 nitrogen and oxygen atoms in total. The highest BCUT2D eigenvalue weighted by atomic mass is 35.5. The topological polar surface area (TPSA) is 41.3 Å². The molecule has 16 heavy (non-hydrogen) atoms. The van der Waals surface area contributed by atoms with Crippen LogP contribution in [0.3, 0.4) is 0 Å². The Hall–Kier alpha value is -0.580. The smallest absolute Gasteiger partial charge is 0.131 e. The molecule has 1 aliphatic heterocycles. The van der Waals surface area contributed by atoms with Crippen molar-refractivity contribution in [3.63, 3.8) is 0 Å². The van der Waals surface area contributed by atoms with Gasteiger partial charge in [-0.3, -0.25) is 9.58 Å². The molecule has 1 aromatic heterocycles. The van der Waals surface area contributed by atoms with Gasteiger partial charge < -0.3 is 5.11 Å². The molecule has 1 unspecified atom stereocenters. The number of aliphatic hydroxyl groups is 1. The maximum atomic E-state index is 9.89. The van der Waals surface area contributed by atoms with Crippen LogP contribution in [0.25, 0.3) is 0 Å². The molecule has 2 heterocycles. The van der Waals surface area contributed by atoms with E-state index in [9.17, 15) is 5.11 Å². The molecule has 5 heteroatoms. The molecule has 0 amide bonds. The maximum absolute atomic E-state index is 9.89. The summed E-state index contributed by atoms with van der Waals surface area (Å²) in [6, 6.07) is 0. The Labute approximate surface area is 101 Å². The largest absolute Gasteiger partial charge is 0.389 e. The Kier molecular flexibility index (Phi) is 2.99. The first-order chi connectivity index (χ1) is 7.39. The summed E-state index contributed by atoms with van der Waals surface area (Å²) in [7, 11) is 1.85. The molecule has 1 saturated heterocycles. The van der Waals surface area contributed by atoms with E-state index >= 15 is 0 Å². The predicted octanol–water partition coefficient (Wildman–Crippen LogP) is 1.34. The van der Waals surface area contributed by atoms with Crippen molar-refractivity contribution in [3.8, 4) is 0 Å². The second kappa shape index (κ2) is 4.02. The highest BCUT2D eigenvalue weighted by molar-refractivity contribution is 6.30. The van der Waals surface area contributed by atoms with Gasteiger partial charge in [0.1, 0.15) is 5.15 Å². The first kappa shape index (κ1) is 11.9. The van der Waals surface area contributed by atoms with Crippen molar-refractivity contribution >= 4 is 11.6 Å². The quantitative estimate of drug-likeness (QED) is 0.852. The van der Waals surface area contributed by atoms with Crippen LogP contribution in [-0.4, -0.2) is 38.5 Å². The van der Waals surface area contributed by atoms with E-state index in [1.807, 2.05) is 20.9 Å². The van der Waals surface area contributed by atoms with Gasteiger partial charge in [-0.05, 0) is 20.3 Å². The Morgan fingerprint density at radius 1 is 1.56 bits per heavy atom. The van der Waals surface area contributed by atoms with Gasteiger partial charge in [0.2, 0.25) is 0 Å². The van der Waals surface area contributed by atoms with E-state index in [4.69, 9.17) is 11.6 Å². The molecule has 0 bridgehead atoms. The summed E-state index contributed by atoms with van der Waals surface area (Å²) in [5.41, 5.74) is 1.49. The molecule has 1 aliphatic rings. The van der Waals surface area contributed by atoms with E-state index in [0.717, 1.165) is 30.8 Å². The minimum absolute atomic E-state index is 0.553. The lowest BCUT2D eigenvalue weighted by Gasteiger charge is -2.18. The van der Waals surface area contributed by atoms with Crippen LogP contribution in [0.5, 0.6) is 0 Å². The van der Waals surface area contributed by atoms with Gasteiger partial charge in [-0.15, -0.1) is 0 Å². The first-order valence-corrected chi connectivity index (χ1v) is 5.89. The fourth-order valence-electron chi connectivity index (χ4n) is 2.25. The molecule has 1 aromatic rings. The monoisotopic (exact) mass is 243 g/mol. The summed E-state index contributed by atoms with van der Waals surface area (Å²) in [6.07, 6.45) is 0.823. The van der Waals surface area contributed by atoms with Crippen molar-refractivity contribution in [2.45, 2.75) is 32.4 Å². The Morgan fingerprint density at radius 3 is 2.69 bits per heavy atom. The fourth-order valence-corrected chi connectivity index (χ4v) is 2.49. The van der Waals surface area contributed by atoms with Crippen LogP contribution in [0, 0.1) is 6.92 Å². The molecule has 0 aromatic carbocycles. The van der Waals surface area contributed by atoms with Gasteiger partial charge in [0.15, 0.2) is 0 Å². The molecule has 0 spiro atoms. The number of aromatic nitrogens is 2. The molecule has 0 saturated carbocycles. The van der Waals surface area contributed by atoms with E-state index in [2.05, 4.69) is 10.00 Å². The van der Waals surface area contributed by atoms with Crippen molar-refractivity contribution in [2.24, 2.45) is 7.05 Å². The number of β-amino-alcohol motifs (C(OH)–C–C–N with tert-alkyl or cyclic N) is 1. The van der Waals surface area contributed by atoms with Gasteiger partial charge in [0.05, 0.1) is 11.3 Å². The summed E-state index contributed by atoms with van der Waals surface area (Å²) in [6.45, 7) is 6.24. The summed E-state index contributed by atoms with van der Waals surface area (Å²) >= 11 is 6.17. The third-order valence-electron chi connectivity index (χ3n) is 3.18. The zero-order chi connectivity index (χ0) is 11.9. The molecule has 0 aliphatic carbocycles. The summed E-state index contributed by atoms with van der Waals surface area (Å²) in [4.78, 5) is 2.22. The van der Waals surface area contributed by atoms with Crippen LogP contribution in [-0.2, 0) is 13.6 Å². The van der Waals surface area contributed by atoms with Crippen LogP contribution in [0.15, 0.2) is 0 Å². The zero-order valence-electron chi connectivity index (χ0n) is 10.00. The van der Waals surface area contributed by atoms with Gasteiger partial charge in [0.25, 0.3) is 0 Å². The number of halogens is 1. The van der Waals surface area contributed by atoms with Crippen molar-refractivity contribution < 1.29 is 5.11 Å². The highest BCUT2D eigenvalue weighted by Gasteiger charge is 2.31. The normalized spacial score (nSPS) is 26.6. The number of hydrogen-bond acceptors (Lipinski definition) is 3. The van der Waals surface area contributed by atoms with E-state index < -0.39 is 5.60 Å². The van der Waals surface area contributed by atoms with E-state index in [0.29, 0.717) is 11.7 Å². The lowest BCUT2D eigenvalue weighted by Crippen LogP contribution is -2.29. The minimum Gasteiger partial charge on any atom is -0.389 e. The molecule has 0 radical (unpaired) electrons. The van der Waals surface area contributed by atoms with Crippen LogP contribution < -0.4 is 0 Å². The molecule has 2 rings (SSSR count). The molecular formula is C11H18ClN3O. The molecule has 1 fully saturated rings. The third-order valence-corrected chi connectivity index (χ3v) is 3.66. The van der Waals surface area contributed by atoms with Gasteiger partial charge in [0, 0.05) is 32.2 Å². The van der Waals surface area contributed by atoms with Crippen molar-refractivity contribution in [1.82, 2.24) is 14.7 Å². The summed E-state index contributed by atoms with van der Waals surface area (Å²) in [5.74, 6) is 0. The molecular weight excluding hydrogens is 226 g/mol. The number of aryl methyl sites for hydroxylation is 2. The van der Waals surface area contributed by atoms with Crippen LogP contribution in [0.1, 0.15) is 24.6 Å². The molecule has 90 valence electrons. The van der Waals surface area contributed by atoms with E-state index in [-0.39, 0.29) is 0 Å². The minimum atomic E-state index is -0.553. The van der Waals surface area contributed by atoms with Gasteiger partial charge in [-0.25, -0.2) is 0 Å². The van der Waals surface area contributed by atoms with E-state index in [1.165, 1.54) is 0 Å². The summed E-state index contributed by atoms with van der Waals surface area (Å²) < 4.78 is 1.69. The maximum Gasteiger partial charge on any atom is 0.131 e. The number of hydrogen-bond donors (Lipinski definition) is 1. The average Bonchev–Trinajstić information content (AvgIpc) is 2.62. The Balaban J connectivity index is 2.10. The number of rotatable bonds is 2. The van der Waals surface area contributed by atoms with Crippen molar-refractivity contribution in [2.75, 3.05) is 13.1 Å². The third kappa shape index (κ3) is 2.24. The van der Waals surface area contributed by atoms with Gasteiger partial charge >= 0.3 is 0 Å². The van der Waals surface area contributed by atoms with Gasteiger partial charge in [-0.1, -0.05) is 11.6 Å². The van der Waals surface area contributed by atoms with Crippen molar-refractivity contribution in [1.29, 1.82) is 0 Å². The highest BCUT2D eigenvalue weighted by Crippen LogP contribution is 2.26. The Morgan fingerprint density at radius 2 is 2.25 bits per heavy atom. The van der Waals surface area contributed by atoms with E-state index in [1.54, 1.807) is 4.68 Å². The first-order valence-electron chi connectivity index (χ1n) is 5.52. The zero-order valence-corrected chi connectivity index (χ0v) is 10.8. The number of nitrogens with zero attached hydrogens (tertiary/aromatic N) is 3. The van der Waals surface area contributed by atoms with Gasteiger partial charge in [-0.2, -0.15) is 5.10 Å². The van der Waals surface area contributed by atoms with Crippen LogP contribution in [0.4, 0.5) is 0 Å². The summed E-state index contributed by atoms with van der Waals surface area (Å²) in [5, 5.41) is 14.9. The lowest BCUT2D eigenvalue weighted by atomic mass is 10.1. The SMILES string of the molecule is Cc1nn(C)c(Cl)c1CN1CCC(C)(O)C1. The second-order valence-electron chi connectivity index (χ2n) is 4.94. The molecule has 1 atom stereocenters. The second-order valence-corrected chi connectivity index (χ2v) is 5.29. The lowest BCUT2D eigenvalue weighted by molar-refractivity contribution is 0.0679. The van der Waals surface area contributed by atoms with Crippen molar-refractivity contribution in [3.05, 3.63) is 16.4 Å². The average molecular weight is 244 g/mol. The predicted molar refractivity (Wildman–Crippen MR) is 63.5 cm³/mol. The standard InChI is InChI=1S/C11H18ClN3O/c1-8-9(10(12)14(3)13-8)6-15-5-4-11(2,16)7-15/h16H,4-7H2,1-3H3. The van der Waals surface area contributed by atoms with Crippen LogP contribution in [0.2, 0.25) is 5.15 Å². The fraction of sp³-hybridized carbons (Fsp3) is 0.727. The Bertz CT molecular complexity index is 400. The molecule has 1 N–H and O–H groups in total. The number of likely N-dealkylation sites (tertiary alicyclic amines) is 1. The van der Waals surface area contributed by atoms with Crippen LogP contribution >= 0.6 is 11.6 Å².